The molecule has 0 aliphatic heterocycles. The third-order valence-corrected chi connectivity index (χ3v) is 3.31. The van der Waals surface area contributed by atoms with Gasteiger partial charge in [0.15, 0.2) is 0 Å². The topological polar surface area (TPSA) is 55.8 Å². The van der Waals surface area contributed by atoms with Crippen LogP contribution in [0.3, 0.4) is 0 Å². The van der Waals surface area contributed by atoms with Gasteiger partial charge in [-0.15, -0.1) is 0 Å². The molecule has 4 nitrogen and oxygen atoms in total. The summed E-state index contributed by atoms with van der Waals surface area (Å²) in [5, 5.41) is 9.49. The quantitative estimate of drug-likeness (QED) is 0.903. The van der Waals surface area contributed by atoms with E-state index in [1.54, 1.807) is 6.07 Å². The smallest absolute Gasteiger partial charge is 0.339 e. The molecule has 2 rings (SSSR count). The van der Waals surface area contributed by atoms with E-state index < -0.39 is 5.97 Å². The van der Waals surface area contributed by atoms with Crippen molar-refractivity contribution in [2.24, 2.45) is 0 Å². The minimum Gasteiger partial charge on any atom is -0.496 e. The fraction of sp³-hybridized carbons (Fsp3) is 0.188. The van der Waals surface area contributed by atoms with Crippen LogP contribution in [0.5, 0.6) is 11.5 Å². The lowest BCUT2D eigenvalue weighted by Crippen LogP contribution is -2.01. The van der Waals surface area contributed by atoms with E-state index in [9.17, 15) is 4.79 Å². The van der Waals surface area contributed by atoms with Crippen LogP contribution < -0.4 is 9.47 Å². The zero-order chi connectivity index (χ0) is 15.4. The first-order chi connectivity index (χ1) is 10.1. The van der Waals surface area contributed by atoms with Gasteiger partial charge in [-0.05, 0) is 25.1 Å². The predicted octanol–water partition coefficient (Wildman–Crippen LogP) is 4.11. The van der Waals surface area contributed by atoms with Gasteiger partial charge in [-0.25, -0.2) is 4.79 Å². The number of para-hydroxylation sites is 1. The molecule has 110 valence electrons. The summed E-state index contributed by atoms with van der Waals surface area (Å²) in [6.45, 7) is 2.42. The molecule has 0 saturated carbocycles. The number of ether oxygens (including phenoxy) is 2. The molecule has 2 aromatic rings. The molecule has 5 heteroatoms. The number of carboxylic acid groups (broad SMARTS) is 1. The van der Waals surface area contributed by atoms with Gasteiger partial charge in [-0.2, -0.15) is 0 Å². The molecule has 0 heterocycles. The lowest BCUT2D eigenvalue weighted by atomic mass is 10.0. The van der Waals surface area contributed by atoms with Crippen molar-refractivity contribution in [2.45, 2.75) is 6.92 Å². The van der Waals surface area contributed by atoms with Gasteiger partial charge in [0.1, 0.15) is 17.1 Å². The van der Waals surface area contributed by atoms with E-state index >= 15 is 0 Å². The van der Waals surface area contributed by atoms with Crippen molar-refractivity contribution in [1.82, 2.24) is 0 Å². The summed E-state index contributed by atoms with van der Waals surface area (Å²) in [4.78, 5) is 11.2. The van der Waals surface area contributed by atoms with Crippen LogP contribution in [-0.4, -0.2) is 24.8 Å². The average Bonchev–Trinajstić information content (AvgIpc) is 2.48. The zero-order valence-electron chi connectivity index (χ0n) is 11.7. The molecule has 0 aliphatic carbocycles. The Hall–Kier alpha value is -2.20. The molecule has 0 radical (unpaired) electrons. The maximum absolute atomic E-state index is 11.2. The molecule has 1 N–H and O–H groups in total. The number of hydrogen-bond donors (Lipinski definition) is 1. The summed E-state index contributed by atoms with van der Waals surface area (Å²) in [5.41, 5.74) is 1.49. The third-order valence-electron chi connectivity index (χ3n) is 3.00. The summed E-state index contributed by atoms with van der Waals surface area (Å²) < 4.78 is 10.7. The van der Waals surface area contributed by atoms with E-state index in [1.165, 1.54) is 13.2 Å². The first-order valence-corrected chi connectivity index (χ1v) is 6.79. The Morgan fingerprint density at radius 3 is 2.52 bits per heavy atom. The van der Waals surface area contributed by atoms with Crippen LogP contribution in [0.15, 0.2) is 36.4 Å². The van der Waals surface area contributed by atoms with Crippen molar-refractivity contribution in [2.75, 3.05) is 13.7 Å². The summed E-state index contributed by atoms with van der Waals surface area (Å²) >= 11 is 6.23. The van der Waals surface area contributed by atoms with E-state index in [0.29, 0.717) is 22.9 Å². The molecule has 0 fully saturated rings. The number of hydrogen-bond acceptors (Lipinski definition) is 3. The number of rotatable bonds is 5. The van der Waals surface area contributed by atoms with Crippen LogP contribution in [0.1, 0.15) is 17.3 Å². The molecule has 0 atom stereocenters. The molecular weight excluding hydrogens is 292 g/mol. The zero-order valence-corrected chi connectivity index (χ0v) is 12.5. The minimum atomic E-state index is -1.08. The van der Waals surface area contributed by atoms with Crippen LogP contribution in [0.2, 0.25) is 5.02 Å². The Bertz CT molecular complexity index is 667. The maximum atomic E-state index is 11.2. The largest absolute Gasteiger partial charge is 0.496 e. The molecule has 0 unspecified atom stereocenters. The van der Waals surface area contributed by atoms with Crippen LogP contribution >= 0.6 is 11.6 Å². The SMILES string of the molecule is CCOc1ccccc1-c1cc(OC)c(C(=O)O)cc1Cl. The highest BCUT2D eigenvalue weighted by Crippen LogP contribution is 2.38. The molecule has 0 amide bonds. The average molecular weight is 307 g/mol. The van der Waals surface area contributed by atoms with Crippen molar-refractivity contribution in [3.05, 3.63) is 47.0 Å². The van der Waals surface area contributed by atoms with Gasteiger partial charge in [0.05, 0.1) is 13.7 Å². The fourth-order valence-electron chi connectivity index (χ4n) is 2.07. The van der Waals surface area contributed by atoms with E-state index in [-0.39, 0.29) is 11.3 Å². The van der Waals surface area contributed by atoms with E-state index in [0.717, 1.165) is 5.56 Å². The summed E-state index contributed by atoms with van der Waals surface area (Å²) in [6, 6.07) is 10.4. The van der Waals surface area contributed by atoms with Gasteiger partial charge in [0.2, 0.25) is 0 Å². The first-order valence-electron chi connectivity index (χ1n) is 6.41. The van der Waals surface area contributed by atoms with Crippen LogP contribution in [-0.2, 0) is 0 Å². The molecule has 0 spiro atoms. The lowest BCUT2D eigenvalue weighted by Gasteiger charge is -2.14. The molecule has 0 aromatic heterocycles. The van der Waals surface area contributed by atoms with Gasteiger partial charge in [0, 0.05) is 16.1 Å². The molecular formula is C16H15ClO4. The van der Waals surface area contributed by atoms with Gasteiger partial charge in [0.25, 0.3) is 0 Å². The van der Waals surface area contributed by atoms with Crippen molar-refractivity contribution in [3.63, 3.8) is 0 Å². The van der Waals surface area contributed by atoms with E-state index in [2.05, 4.69) is 0 Å². The standard InChI is InChI=1S/C16H15ClO4/c1-3-21-14-7-5-4-6-10(14)11-9-15(20-2)12(16(18)19)8-13(11)17/h4-9H,3H2,1-2H3,(H,18,19). The number of carboxylic acids is 1. The monoisotopic (exact) mass is 306 g/mol. The summed E-state index contributed by atoms with van der Waals surface area (Å²) in [7, 11) is 1.42. The fourth-order valence-corrected chi connectivity index (χ4v) is 2.33. The Morgan fingerprint density at radius 1 is 1.19 bits per heavy atom. The van der Waals surface area contributed by atoms with Crippen molar-refractivity contribution >= 4 is 17.6 Å². The lowest BCUT2D eigenvalue weighted by molar-refractivity contribution is 0.0693. The Labute approximate surface area is 127 Å². The summed E-state index contributed by atoms with van der Waals surface area (Å²) in [5.74, 6) is -0.140. The van der Waals surface area contributed by atoms with Gasteiger partial charge >= 0.3 is 5.97 Å². The number of aromatic carboxylic acids is 1. The maximum Gasteiger partial charge on any atom is 0.339 e. The number of methoxy groups -OCH3 is 1. The Balaban J connectivity index is 2.62. The first kappa shape index (κ1) is 15.2. The highest BCUT2D eigenvalue weighted by molar-refractivity contribution is 6.34. The Kier molecular flexibility index (Phi) is 4.70. The van der Waals surface area contributed by atoms with Crippen molar-refractivity contribution in [1.29, 1.82) is 0 Å². The normalized spacial score (nSPS) is 10.2. The second-order valence-corrected chi connectivity index (χ2v) is 4.67. The number of benzene rings is 2. The van der Waals surface area contributed by atoms with E-state index in [4.69, 9.17) is 26.2 Å². The molecule has 0 saturated heterocycles. The van der Waals surface area contributed by atoms with Gasteiger partial charge in [-0.1, -0.05) is 29.8 Å². The molecule has 0 bridgehead atoms. The predicted molar refractivity (Wildman–Crippen MR) is 81.6 cm³/mol. The van der Waals surface area contributed by atoms with Crippen LogP contribution in [0, 0.1) is 0 Å². The Morgan fingerprint density at radius 2 is 1.90 bits per heavy atom. The molecule has 21 heavy (non-hydrogen) atoms. The van der Waals surface area contributed by atoms with Crippen LogP contribution in [0.25, 0.3) is 11.1 Å². The highest BCUT2D eigenvalue weighted by atomic mass is 35.5. The van der Waals surface area contributed by atoms with Gasteiger partial charge in [-0.3, -0.25) is 0 Å². The second-order valence-electron chi connectivity index (χ2n) is 4.27. The number of carbonyl (C=O) groups is 1. The molecule has 2 aromatic carbocycles. The van der Waals surface area contributed by atoms with Gasteiger partial charge < -0.3 is 14.6 Å². The van der Waals surface area contributed by atoms with Crippen molar-refractivity contribution in [3.8, 4) is 22.6 Å². The van der Waals surface area contributed by atoms with Crippen molar-refractivity contribution < 1.29 is 19.4 Å². The highest BCUT2D eigenvalue weighted by Gasteiger charge is 2.17. The van der Waals surface area contributed by atoms with E-state index in [1.807, 2.05) is 31.2 Å². The summed E-state index contributed by atoms with van der Waals surface area (Å²) in [6.07, 6.45) is 0. The third kappa shape index (κ3) is 3.11. The number of halogens is 1. The van der Waals surface area contributed by atoms with Crippen LogP contribution in [0.4, 0.5) is 0 Å². The minimum absolute atomic E-state index is 0.0279. The molecule has 0 aliphatic rings. The second kappa shape index (κ2) is 6.50.